The molecule has 2 aromatic carbocycles. The first-order valence-electron chi connectivity index (χ1n) is 5.97. The Kier molecular flexibility index (Phi) is 4.57. The molecule has 0 heterocycles. The minimum absolute atomic E-state index is 0.0466. The Labute approximate surface area is 120 Å². The Hall–Kier alpha value is -1.65. The number of hydrogen-bond donors (Lipinski definition) is 1. The van der Waals surface area contributed by atoms with Crippen molar-refractivity contribution in [3.05, 3.63) is 64.2 Å². The molecule has 2 aromatic rings. The smallest absolute Gasteiger partial charge is 0.168 e. The SMILES string of the molecule is COc1cccc(CC(O)c2ccc(F)c(Cl)c2)c1F. The van der Waals surface area contributed by atoms with Crippen molar-refractivity contribution in [1.82, 2.24) is 0 Å². The van der Waals surface area contributed by atoms with E-state index in [0.717, 1.165) is 0 Å². The van der Waals surface area contributed by atoms with E-state index in [9.17, 15) is 13.9 Å². The van der Waals surface area contributed by atoms with Crippen LogP contribution in [0.15, 0.2) is 36.4 Å². The zero-order chi connectivity index (χ0) is 14.7. The molecule has 0 saturated heterocycles. The standard InChI is InChI=1S/C15H13ClF2O2/c1-20-14-4-2-3-10(15(14)18)8-13(19)9-5-6-12(17)11(16)7-9/h2-7,13,19H,8H2,1H3. The van der Waals surface area contributed by atoms with E-state index in [0.29, 0.717) is 11.1 Å². The van der Waals surface area contributed by atoms with Gasteiger partial charge in [-0.05, 0) is 29.3 Å². The van der Waals surface area contributed by atoms with E-state index < -0.39 is 17.7 Å². The van der Waals surface area contributed by atoms with Gasteiger partial charge in [-0.1, -0.05) is 29.8 Å². The van der Waals surface area contributed by atoms with Gasteiger partial charge in [0.2, 0.25) is 0 Å². The van der Waals surface area contributed by atoms with Crippen molar-refractivity contribution in [2.24, 2.45) is 0 Å². The molecule has 0 saturated carbocycles. The van der Waals surface area contributed by atoms with Crippen LogP contribution in [0.5, 0.6) is 5.75 Å². The fourth-order valence-corrected chi connectivity index (χ4v) is 2.11. The fraction of sp³-hybridized carbons (Fsp3) is 0.200. The van der Waals surface area contributed by atoms with Gasteiger partial charge in [-0.2, -0.15) is 0 Å². The molecule has 106 valence electrons. The lowest BCUT2D eigenvalue weighted by atomic mass is 10.0. The molecule has 2 nitrogen and oxygen atoms in total. The quantitative estimate of drug-likeness (QED) is 0.927. The molecule has 0 aliphatic rings. The molecule has 0 aliphatic heterocycles. The van der Waals surface area contributed by atoms with Crippen molar-refractivity contribution in [3.63, 3.8) is 0 Å². The largest absolute Gasteiger partial charge is 0.494 e. The summed E-state index contributed by atoms with van der Waals surface area (Å²) in [5, 5.41) is 10.0. The lowest BCUT2D eigenvalue weighted by Gasteiger charge is -2.13. The number of ether oxygens (including phenoxy) is 1. The third-order valence-electron chi connectivity index (χ3n) is 3.00. The van der Waals surface area contributed by atoms with Gasteiger partial charge in [-0.15, -0.1) is 0 Å². The highest BCUT2D eigenvalue weighted by atomic mass is 35.5. The summed E-state index contributed by atoms with van der Waals surface area (Å²) in [4.78, 5) is 0. The monoisotopic (exact) mass is 298 g/mol. The van der Waals surface area contributed by atoms with E-state index >= 15 is 0 Å². The number of aliphatic hydroxyl groups excluding tert-OH is 1. The predicted molar refractivity (Wildman–Crippen MR) is 73.0 cm³/mol. The van der Waals surface area contributed by atoms with Crippen molar-refractivity contribution in [2.45, 2.75) is 12.5 Å². The molecule has 0 amide bonds. The molecule has 0 bridgehead atoms. The molecule has 0 aliphatic carbocycles. The van der Waals surface area contributed by atoms with E-state index in [1.165, 1.54) is 31.4 Å². The van der Waals surface area contributed by atoms with E-state index in [2.05, 4.69) is 0 Å². The minimum Gasteiger partial charge on any atom is -0.494 e. The van der Waals surface area contributed by atoms with Gasteiger partial charge in [-0.3, -0.25) is 0 Å². The highest BCUT2D eigenvalue weighted by molar-refractivity contribution is 6.30. The van der Waals surface area contributed by atoms with E-state index in [-0.39, 0.29) is 17.2 Å². The molecule has 1 unspecified atom stereocenters. The third-order valence-corrected chi connectivity index (χ3v) is 3.29. The second kappa shape index (κ2) is 6.20. The van der Waals surface area contributed by atoms with E-state index in [1.54, 1.807) is 12.1 Å². The van der Waals surface area contributed by atoms with Crippen LogP contribution in [0.3, 0.4) is 0 Å². The Morgan fingerprint density at radius 2 is 2.00 bits per heavy atom. The maximum atomic E-state index is 14.0. The second-order valence-corrected chi connectivity index (χ2v) is 4.73. The van der Waals surface area contributed by atoms with Crippen LogP contribution in [0.2, 0.25) is 5.02 Å². The van der Waals surface area contributed by atoms with Crippen LogP contribution in [0, 0.1) is 11.6 Å². The summed E-state index contributed by atoms with van der Waals surface area (Å²) in [7, 11) is 1.37. The van der Waals surface area contributed by atoms with Crippen molar-refractivity contribution < 1.29 is 18.6 Å². The summed E-state index contributed by atoms with van der Waals surface area (Å²) in [6.45, 7) is 0. The van der Waals surface area contributed by atoms with Crippen molar-refractivity contribution >= 4 is 11.6 Å². The van der Waals surface area contributed by atoms with E-state index in [1.807, 2.05) is 0 Å². The highest BCUT2D eigenvalue weighted by Crippen LogP contribution is 2.27. The maximum absolute atomic E-state index is 14.0. The summed E-state index contributed by atoms with van der Waals surface area (Å²) in [5.41, 5.74) is 0.746. The summed E-state index contributed by atoms with van der Waals surface area (Å²) < 4.78 is 31.9. The second-order valence-electron chi connectivity index (χ2n) is 4.33. The molecular formula is C15H13ClF2O2. The molecule has 1 atom stereocenters. The number of methoxy groups -OCH3 is 1. The number of aliphatic hydroxyl groups is 1. The predicted octanol–water partition coefficient (Wildman–Crippen LogP) is 3.90. The van der Waals surface area contributed by atoms with Crippen LogP contribution < -0.4 is 4.74 Å². The molecule has 5 heteroatoms. The molecule has 0 aromatic heterocycles. The lowest BCUT2D eigenvalue weighted by molar-refractivity contribution is 0.176. The number of halogens is 3. The van der Waals surface area contributed by atoms with Crippen LogP contribution in [0.25, 0.3) is 0 Å². The maximum Gasteiger partial charge on any atom is 0.168 e. The molecule has 0 radical (unpaired) electrons. The van der Waals surface area contributed by atoms with Gasteiger partial charge in [0, 0.05) is 6.42 Å². The average molecular weight is 299 g/mol. The molecular weight excluding hydrogens is 286 g/mol. The van der Waals surface area contributed by atoms with Gasteiger partial charge in [0.15, 0.2) is 11.6 Å². The number of rotatable bonds is 4. The molecule has 2 rings (SSSR count). The zero-order valence-electron chi connectivity index (χ0n) is 10.7. The van der Waals surface area contributed by atoms with Crippen molar-refractivity contribution in [3.8, 4) is 5.75 Å². The zero-order valence-corrected chi connectivity index (χ0v) is 11.5. The first-order valence-corrected chi connectivity index (χ1v) is 6.35. The molecule has 1 N–H and O–H groups in total. The molecule has 0 spiro atoms. The van der Waals surface area contributed by atoms with Gasteiger partial charge >= 0.3 is 0 Å². The molecule has 20 heavy (non-hydrogen) atoms. The van der Waals surface area contributed by atoms with Crippen LogP contribution in [-0.2, 0) is 6.42 Å². The van der Waals surface area contributed by atoms with Gasteiger partial charge < -0.3 is 9.84 Å². The van der Waals surface area contributed by atoms with Gasteiger partial charge in [0.05, 0.1) is 18.2 Å². The normalized spacial score (nSPS) is 12.2. The first kappa shape index (κ1) is 14.8. The minimum atomic E-state index is -0.977. The van der Waals surface area contributed by atoms with E-state index in [4.69, 9.17) is 16.3 Å². The average Bonchev–Trinajstić information content (AvgIpc) is 2.44. The number of hydrogen-bond acceptors (Lipinski definition) is 2. The van der Waals surface area contributed by atoms with Gasteiger partial charge in [-0.25, -0.2) is 8.78 Å². The topological polar surface area (TPSA) is 29.5 Å². The van der Waals surface area contributed by atoms with Crippen molar-refractivity contribution in [2.75, 3.05) is 7.11 Å². The Morgan fingerprint density at radius 1 is 1.25 bits per heavy atom. The lowest BCUT2D eigenvalue weighted by Crippen LogP contribution is -2.04. The summed E-state index contributed by atoms with van der Waals surface area (Å²) in [6.07, 6.45) is -0.931. The van der Waals surface area contributed by atoms with Crippen LogP contribution >= 0.6 is 11.6 Å². The molecule has 0 fully saturated rings. The highest BCUT2D eigenvalue weighted by Gasteiger charge is 2.15. The Morgan fingerprint density at radius 3 is 2.65 bits per heavy atom. The first-order chi connectivity index (χ1) is 9.52. The van der Waals surface area contributed by atoms with Crippen molar-refractivity contribution in [1.29, 1.82) is 0 Å². The summed E-state index contributed by atoms with van der Waals surface area (Å²) in [5.74, 6) is -0.954. The van der Waals surface area contributed by atoms with Crippen LogP contribution in [0.4, 0.5) is 8.78 Å². The third kappa shape index (κ3) is 3.08. The van der Waals surface area contributed by atoms with Gasteiger partial charge in [0.25, 0.3) is 0 Å². The Balaban J connectivity index is 2.23. The summed E-state index contributed by atoms with van der Waals surface area (Å²) >= 11 is 5.66. The van der Waals surface area contributed by atoms with Crippen LogP contribution in [0.1, 0.15) is 17.2 Å². The summed E-state index contributed by atoms with van der Waals surface area (Å²) in [6, 6.07) is 8.63. The Bertz CT molecular complexity index is 617. The fourth-order valence-electron chi connectivity index (χ4n) is 1.92. The van der Waals surface area contributed by atoms with Gasteiger partial charge in [0.1, 0.15) is 5.82 Å². The number of benzene rings is 2. The van der Waals surface area contributed by atoms with Crippen LogP contribution in [-0.4, -0.2) is 12.2 Å².